The Kier molecular flexibility index (Phi) is 9.18. The number of aliphatic hydroxyl groups excluding tert-OH is 2. The van der Waals surface area contributed by atoms with Crippen LogP contribution in [0.15, 0.2) is 68.7 Å². The Bertz CT molecular complexity index is 1650. The van der Waals surface area contributed by atoms with E-state index >= 15 is 0 Å². The number of rotatable bonds is 11. The van der Waals surface area contributed by atoms with Crippen LogP contribution in [0.5, 0.6) is 0 Å². The molecule has 1 aliphatic heterocycles. The van der Waals surface area contributed by atoms with Gasteiger partial charge in [-0.25, -0.2) is 18.5 Å². The fourth-order valence-electron chi connectivity index (χ4n) is 3.81. The summed E-state index contributed by atoms with van der Waals surface area (Å²) in [5.74, 6) is 0.740. The summed E-state index contributed by atoms with van der Waals surface area (Å²) in [6.07, 6.45) is -5.95. The summed E-state index contributed by atoms with van der Waals surface area (Å²) in [6, 6.07) is 13.2. The van der Waals surface area contributed by atoms with Gasteiger partial charge in [-0.1, -0.05) is 30.3 Å². The zero-order valence-corrected chi connectivity index (χ0v) is 23.1. The maximum atomic E-state index is 13.1. The van der Waals surface area contributed by atoms with E-state index in [-0.39, 0.29) is 12.3 Å². The highest BCUT2D eigenvalue weighted by Crippen LogP contribution is 2.66. The van der Waals surface area contributed by atoms with Crippen molar-refractivity contribution >= 4 is 23.5 Å². The standard InChI is InChI=1S/C20H23N2O16P3/c23-16-8-9-21(20(26)22(16)10-13-6-7-14(35-13)12-4-2-1-3-5-12)19-18(25)17(24)15(36-19)11-34-40(30,31)38-41(32,33)37-39(27,28)29/h1-9,15,17-19,24-25H,10-11H2,(H,30,31)(H,32,33)(H2,27,28,29)/t15-,17?,18+,19-/m1/s1. The molecule has 1 aliphatic rings. The van der Waals surface area contributed by atoms with Crippen LogP contribution in [0.4, 0.5) is 0 Å². The minimum atomic E-state index is -5.79. The van der Waals surface area contributed by atoms with E-state index in [0.29, 0.717) is 5.76 Å². The second kappa shape index (κ2) is 12.0. The molecule has 0 bridgehead atoms. The van der Waals surface area contributed by atoms with Crippen molar-refractivity contribution in [2.75, 3.05) is 6.61 Å². The molecular formula is C20H23N2O16P3. The lowest BCUT2D eigenvalue weighted by Gasteiger charge is -2.19. The van der Waals surface area contributed by atoms with Crippen molar-refractivity contribution in [3.8, 4) is 11.3 Å². The SMILES string of the molecule is O=c1ccn([C@@H]2O[C@H](COP(=O)(O)OP(=O)(O)OP(=O)(O)O)C(O)[C@@H]2O)c(=O)n1Cc1ccc(-c2ccccc2)o1. The first kappa shape index (κ1) is 31.4. The van der Waals surface area contributed by atoms with E-state index in [1.54, 1.807) is 36.4 Å². The summed E-state index contributed by atoms with van der Waals surface area (Å²) in [4.78, 5) is 61.6. The molecule has 18 nitrogen and oxygen atoms in total. The van der Waals surface area contributed by atoms with E-state index in [2.05, 4.69) is 13.1 Å². The molecule has 3 aromatic rings. The van der Waals surface area contributed by atoms with Crippen molar-refractivity contribution in [1.82, 2.24) is 9.13 Å². The van der Waals surface area contributed by atoms with E-state index in [4.69, 9.17) is 18.9 Å². The third kappa shape index (κ3) is 7.85. The summed E-state index contributed by atoms with van der Waals surface area (Å²) in [7, 11) is -16.9. The van der Waals surface area contributed by atoms with Crippen molar-refractivity contribution in [3.63, 3.8) is 0 Å². The molecule has 224 valence electrons. The number of hydrogen-bond donors (Lipinski definition) is 6. The van der Waals surface area contributed by atoms with Crippen molar-refractivity contribution < 1.29 is 65.8 Å². The largest absolute Gasteiger partial charge is 0.490 e. The lowest BCUT2D eigenvalue weighted by molar-refractivity contribution is -0.0547. The van der Waals surface area contributed by atoms with Gasteiger partial charge in [0, 0.05) is 17.8 Å². The molecule has 21 heteroatoms. The van der Waals surface area contributed by atoms with E-state index in [9.17, 15) is 43.3 Å². The van der Waals surface area contributed by atoms with Crippen LogP contribution < -0.4 is 11.2 Å². The molecule has 6 N–H and O–H groups in total. The van der Waals surface area contributed by atoms with E-state index in [0.717, 1.165) is 27.0 Å². The summed E-state index contributed by atoms with van der Waals surface area (Å²) < 4.78 is 58.4. The lowest BCUT2D eigenvalue weighted by Crippen LogP contribution is -2.43. The van der Waals surface area contributed by atoms with E-state index < -0.39 is 65.9 Å². The zero-order chi connectivity index (χ0) is 30.2. The molecule has 3 unspecified atom stereocenters. The van der Waals surface area contributed by atoms with E-state index in [1.807, 2.05) is 6.07 Å². The minimum Gasteiger partial charge on any atom is -0.459 e. The van der Waals surface area contributed by atoms with Crippen LogP contribution in [-0.4, -0.2) is 63.8 Å². The highest BCUT2D eigenvalue weighted by Gasteiger charge is 2.47. The number of nitrogens with zero attached hydrogens (tertiary/aromatic N) is 2. The maximum Gasteiger partial charge on any atom is 0.490 e. The molecule has 1 aromatic carbocycles. The number of aromatic nitrogens is 2. The molecule has 41 heavy (non-hydrogen) atoms. The third-order valence-electron chi connectivity index (χ3n) is 5.56. The molecule has 1 saturated heterocycles. The predicted octanol–water partition coefficient (Wildman–Crippen LogP) is 0.281. The van der Waals surface area contributed by atoms with Gasteiger partial charge in [0.05, 0.1) is 13.2 Å². The average Bonchev–Trinajstić information content (AvgIpc) is 3.44. The van der Waals surface area contributed by atoms with Crippen LogP contribution in [0, 0.1) is 0 Å². The highest BCUT2D eigenvalue weighted by atomic mass is 31.3. The van der Waals surface area contributed by atoms with Gasteiger partial charge in [0.15, 0.2) is 6.23 Å². The van der Waals surface area contributed by atoms with Crippen molar-refractivity contribution in [3.05, 3.63) is 81.3 Å². The van der Waals surface area contributed by atoms with Gasteiger partial charge in [0.1, 0.15) is 29.8 Å². The van der Waals surface area contributed by atoms with Gasteiger partial charge in [0.2, 0.25) is 0 Å². The normalized spacial score (nSPS) is 24.1. The molecule has 0 spiro atoms. The summed E-state index contributed by atoms with van der Waals surface area (Å²) >= 11 is 0. The molecule has 4 rings (SSSR count). The quantitative estimate of drug-likeness (QED) is 0.154. The van der Waals surface area contributed by atoms with Crippen molar-refractivity contribution in [1.29, 1.82) is 0 Å². The molecular weight excluding hydrogens is 617 g/mol. The Labute approximate surface area is 229 Å². The number of aliphatic hydroxyl groups is 2. The van der Waals surface area contributed by atoms with Crippen LogP contribution in [0.3, 0.4) is 0 Å². The average molecular weight is 640 g/mol. The monoisotopic (exact) mass is 640 g/mol. The van der Waals surface area contributed by atoms with Crippen LogP contribution in [0.25, 0.3) is 11.3 Å². The van der Waals surface area contributed by atoms with Crippen LogP contribution >= 0.6 is 23.5 Å². The van der Waals surface area contributed by atoms with Gasteiger partial charge in [-0.2, -0.15) is 8.62 Å². The zero-order valence-electron chi connectivity index (χ0n) is 20.4. The van der Waals surface area contributed by atoms with Gasteiger partial charge >= 0.3 is 29.2 Å². The Morgan fingerprint density at radius 2 is 1.54 bits per heavy atom. The molecule has 0 amide bonds. The predicted molar refractivity (Wildman–Crippen MR) is 134 cm³/mol. The molecule has 0 aliphatic carbocycles. The van der Waals surface area contributed by atoms with Crippen molar-refractivity contribution in [2.45, 2.75) is 31.1 Å². The highest BCUT2D eigenvalue weighted by molar-refractivity contribution is 7.66. The van der Waals surface area contributed by atoms with Gasteiger partial charge < -0.3 is 38.9 Å². The van der Waals surface area contributed by atoms with Gasteiger partial charge in [-0.15, -0.1) is 0 Å². The number of benzene rings is 1. The van der Waals surface area contributed by atoms with Gasteiger partial charge in [-0.05, 0) is 12.1 Å². The van der Waals surface area contributed by atoms with Crippen molar-refractivity contribution in [2.24, 2.45) is 0 Å². The first-order valence-electron chi connectivity index (χ1n) is 11.3. The topological polar surface area (TPSA) is 267 Å². The third-order valence-corrected chi connectivity index (χ3v) is 9.36. The Morgan fingerprint density at radius 3 is 2.20 bits per heavy atom. The van der Waals surface area contributed by atoms with Gasteiger partial charge in [0.25, 0.3) is 5.56 Å². The van der Waals surface area contributed by atoms with Gasteiger partial charge in [-0.3, -0.25) is 18.5 Å². The Hall–Kier alpha value is -2.53. The molecule has 1 fully saturated rings. The Morgan fingerprint density at radius 1 is 0.854 bits per heavy atom. The number of ether oxygens (including phenoxy) is 1. The summed E-state index contributed by atoms with van der Waals surface area (Å²) in [5.41, 5.74) is -0.934. The second-order valence-electron chi connectivity index (χ2n) is 8.49. The first-order chi connectivity index (χ1) is 19.1. The summed E-state index contributed by atoms with van der Waals surface area (Å²) in [6.45, 7) is -1.38. The summed E-state index contributed by atoms with van der Waals surface area (Å²) in [5, 5.41) is 20.8. The lowest BCUT2D eigenvalue weighted by atomic mass is 10.1. The second-order valence-corrected chi connectivity index (χ2v) is 12.9. The fraction of sp³-hybridized carbons (Fsp3) is 0.300. The number of phosphoric ester groups is 1. The minimum absolute atomic E-state index is 0.252. The number of furan rings is 1. The number of phosphoric acid groups is 3. The van der Waals surface area contributed by atoms with Crippen LogP contribution in [-0.2, 0) is 38.1 Å². The molecule has 0 radical (unpaired) electrons. The first-order valence-corrected chi connectivity index (χ1v) is 15.8. The molecule has 2 aromatic heterocycles. The van der Waals surface area contributed by atoms with Crippen LogP contribution in [0.2, 0.25) is 0 Å². The molecule has 6 atom stereocenters. The molecule has 0 saturated carbocycles. The number of hydrogen-bond acceptors (Lipinski definition) is 12. The Balaban J connectivity index is 1.48. The van der Waals surface area contributed by atoms with Crippen LogP contribution in [0.1, 0.15) is 12.0 Å². The molecule has 3 heterocycles. The van der Waals surface area contributed by atoms with E-state index in [1.165, 1.54) is 0 Å². The maximum absolute atomic E-state index is 13.1. The smallest absolute Gasteiger partial charge is 0.459 e. The fourth-order valence-corrected chi connectivity index (χ4v) is 6.84.